The Hall–Kier alpha value is -2.38. The lowest BCUT2D eigenvalue weighted by Gasteiger charge is -2.17. The summed E-state index contributed by atoms with van der Waals surface area (Å²) in [5, 5.41) is 41.2. The van der Waals surface area contributed by atoms with Gasteiger partial charge in [-0.05, 0) is 36.8 Å². The highest BCUT2D eigenvalue weighted by Gasteiger charge is 2.45. The van der Waals surface area contributed by atoms with Crippen molar-refractivity contribution >= 4 is 28.7 Å². The lowest BCUT2D eigenvalue weighted by molar-refractivity contribution is -0.0629. The number of aromatic nitrogens is 5. The van der Waals surface area contributed by atoms with E-state index in [1.807, 2.05) is 0 Å². The van der Waals surface area contributed by atoms with E-state index in [9.17, 15) is 19.7 Å². The number of nitrogens with one attached hydrogen (secondary N) is 1. The zero-order valence-corrected chi connectivity index (χ0v) is 20.0. The van der Waals surface area contributed by atoms with Crippen LogP contribution in [-0.2, 0) is 4.74 Å². The van der Waals surface area contributed by atoms with Gasteiger partial charge in [-0.15, -0.1) is 5.10 Å². The normalized spacial score (nSPS) is 34.7. The first-order valence-electron chi connectivity index (χ1n) is 16.5. The van der Waals surface area contributed by atoms with Crippen LogP contribution in [-0.4, -0.2) is 83.5 Å². The second-order valence-corrected chi connectivity index (χ2v) is 9.03. The van der Waals surface area contributed by atoms with Crippen LogP contribution in [0.2, 0.25) is 0 Å². The van der Waals surface area contributed by atoms with Crippen molar-refractivity contribution in [3.63, 3.8) is 0 Å². The van der Waals surface area contributed by atoms with E-state index in [4.69, 9.17) is 19.8 Å². The van der Waals surface area contributed by atoms with Gasteiger partial charge in [0.05, 0.1) is 32.2 Å². The summed E-state index contributed by atoms with van der Waals surface area (Å²) in [7, 11) is 0. The number of benzene rings is 1. The molecule has 2 heterocycles. The van der Waals surface area contributed by atoms with Crippen LogP contribution < -0.4 is 5.32 Å². The zero-order chi connectivity index (χ0) is 35.2. The number of fused-ring (bicyclic) bond motifs is 1. The second-order valence-electron chi connectivity index (χ2n) is 8.25. The number of aliphatic hydroxyl groups excluding tert-OH is 3. The van der Waals surface area contributed by atoms with Gasteiger partial charge < -0.3 is 25.4 Å². The summed E-state index contributed by atoms with van der Waals surface area (Å²) in [5.74, 6) is -2.58. The van der Waals surface area contributed by atoms with Gasteiger partial charge in [-0.3, -0.25) is 0 Å². The van der Waals surface area contributed by atoms with Gasteiger partial charge in [0.25, 0.3) is 0 Å². The van der Waals surface area contributed by atoms with Crippen LogP contribution in [0.15, 0.2) is 23.3 Å². The van der Waals surface area contributed by atoms with Crippen molar-refractivity contribution in [1.82, 2.24) is 25.0 Å². The first-order chi connectivity index (χ1) is 21.5. The predicted molar refractivity (Wildman–Crippen MR) is 133 cm³/mol. The van der Waals surface area contributed by atoms with Crippen LogP contribution in [0, 0.1) is 12.7 Å². The number of halogens is 1. The van der Waals surface area contributed by atoms with Gasteiger partial charge in [0.1, 0.15) is 18.0 Å². The van der Waals surface area contributed by atoms with Gasteiger partial charge in [0.2, 0.25) is 0 Å². The maximum Gasteiger partial charge on any atom is 0.191 e. The molecule has 10 nitrogen and oxygen atoms in total. The number of ether oxygens (including phenoxy) is 1. The number of hydrogen-bond acceptors (Lipinski definition) is 10. The SMILES string of the molecule is [2H]c1c([2H])c([C@H]2[C@H](Nc3nc(SC([2H])([2H])C([2H])([2H])C)nc4c3nnn4[C@@H]3C[C@H](OC([2H])([2H])CO)[C@@H](O)[C@H]3O)C2([2H])[2H])c([2H])c(F)c1C. The second kappa shape index (κ2) is 10.5. The smallest absolute Gasteiger partial charge is 0.191 e. The summed E-state index contributed by atoms with van der Waals surface area (Å²) >= 11 is 0.289. The van der Waals surface area contributed by atoms with Crippen LogP contribution in [0.4, 0.5) is 10.2 Å². The third kappa shape index (κ3) is 4.92. The molecular formula is C24H31FN6O4S. The molecule has 0 bridgehead atoms. The average Bonchev–Trinajstić information content (AvgIpc) is 3.22. The summed E-state index contributed by atoms with van der Waals surface area (Å²) in [6.07, 6.45) is -9.39. The molecule has 0 amide bonds. The van der Waals surface area contributed by atoms with Gasteiger partial charge in [-0.25, -0.2) is 19.0 Å². The molecule has 5 rings (SSSR count). The van der Waals surface area contributed by atoms with E-state index < -0.39 is 91.9 Å². The molecule has 0 spiro atoms. The minimum atomic E-state index is -2.60. The Morgan fingerprint density at radius 3 is 2.97 bits per heavy atom. The van der Waals surface area contributed by atoms with Crippen molar-refractivity contribution in [2.24, 2.45) is 0 Å². The molecule has 2 fully saturated rings. The Morgan fingerprint density at radius 1 is 1.36 bits per heavy atom. The maximum atomic E-state index is 14.8. The van der Waals surface area contributed by atoms with E-state index in [0.717, 1.165) is 11.6 Å². The highest BCUT2D eigenvalue weighted by molar-refractivity contribution is 7.99. The number of thioether (sulfide) groups is 1. The lowest BCUT2D eigenvalue weighted by atomic mass is 10.1. The molecule has 2 aliphatic rings. The molecule has 0 aliphatic heterocycles. The highest BCUT2D eigenvalue weighted by atomic mass is 32.2. The predicted octanol–water partition coefficient (Wildman–Crippen LogP) is 2.18. The van der Waals surface area contributed by atoms with E-state index in [2.05, 4.69) is 25.6 Å². The van der Waals surface area contributed by atoms with Crippen molar-refractivity contribution in [1.29, 1.82) is 0 Å². The summed E-state index contributed by atoms with van der Waals surface area (Å²) < 4.78 is 110. The van der Waals surface area contributed by atoms with Crippen molar-refractivity contribution in [3.8, 4) is 0 Å². The number of rotatable bonds is 10. The topological polar surface area (TPSA) is 138 Å². The Labute approximate surface area is 227 Å². The average molecular weight is 530 g/mol. The molecule has 6 atom stereocenters. The molecule has 3 aromatic rings. The van der Waals surface area contributed by atoms with E-state index in [1.165, 1.54) is 6.92 Å². The third-order valence-electron chi connectivity index (χ3n) is 5.90. The van der Waals surface area contributed by atoms with E-state index in [1.54, 1.807) is 0 Å². The molecule has 2 aliphatic carbocycles. The van der Waals surface area contributed by atoms with Crippen LogP contribution >= 0.6 is 11.8 Å². The Morgan fingerprint density at radius 2 is 2.19 bits per heavy atom. The summed E-state index contributed by atoms with van der Waals surface area (Å²) in [4.78, 5) is 8.53. The fourth-order valence-corrected chi connectivity index (χ4v) is 4.48. The minimum absolute atomic E-state index is 0.138. The summed E-state index contributed by atoms with van der Waals surface area (Å²) in [6, 6.07) is -4.15. The van der Waals surface area contributed by atoms with E-state index in [0.29, 0.717) is 0 Å². The quantitative estimate of drug-likeness (QED) is 0.228. The van der Waals surface area contributed by atoms with Crippen molar-refractivity contribution in [2.75, 3.05) is 24.2 Å². The standard InChI is InChI=1S/C24H31FN6O4S/c1-3-8-36-24-27-22(26-16-10-14(16)13-5-4-12(2)15(25)9-13)19-23(28-24)31(30-29-19)17-11-18(35-7-6-32)21(34)20(17)33/h4-5,9,14,16-18,20-21,32-34H,3,6-8,10-11H2,1-2H3,(H,26,27,28)/t14-,16+,17+,18-,20-,21+/m0/s1/i3D2,4D,5D,7D2,8D2,9D,10D2. The van der Waals surface area contributed by atoms with Crippen molar-refractivity contribution in [3.05, 3.63) is 35.1 Å². The molecule has 4 N–H and O–H groups in total. The van der Waals surface area contributed by atoms with Crippen LogP contribution in [0.5, 0.6) is 0 Å². The minimum Gasteiger partial charge on any atom is -0.394 e. The molecule has 1 aromatic carbocycles. The lowest BCUT2D eigenvalue weighted by Crippen LogP contribution is -2.33. The van der Waals surface area contributed by atoms with Gasteiger partial charge in [-0.1, -0.05) is 36.0 Å². The van der Waals surface area contributed by atoms with E-state index >= 15 is 0 Å². The molecule has 36 heavy (non-hydrogen) atoms. The van der Waals surface area contributed by atoms with Crippen molar-refractivity contribution in [2.45, 2.75) is 74.5 Å². The first kappa shape index (κ1) is 15.1. The molecule has 2 saturated carbocycles. The number of anilines is 1. The number of nitrogens with zero attached hydrogens (tertiary/aromatic N) is 5. The number of hydrogen-bond donors (Lipinski definition) is 4. The Kier molecular flexibility index (Phi) is 4.43. The molecule has 0 saturated heterocycles. The molecular weight excluding hydrogens is 487 g/mol. The summed E-state index contributed by atoms with van der Waals surface area (Å²) in [6.45, 7) is -1.33. The zero-order valence-electron chi connectivity index (χ0n) is 30.2. The largest absolute Gasteiger partial charge is 0.394 e. The molecule has 2 aromatic heterocycles. The fourth-order valence-electron chi connectivity index (χ4n) is 4.02. The fraction of sp³-hybridized carbons (Fsp3) is 0.583. The number of aliphatic hydroxyl groups is 3. The molecule has 0 radical (unpaired) electrons. The van der Waals surface area contributed by atoms with E-state index in [-0.39, 0.29) is 51.4 Å². The van der Waals surface area contributed by atoms with Crippen LogP contribution in [0.3, 0.4) is 0 Å². The van der Waals surface area contributed by atoms with Gasteiger partial charge in [-0.2, -0.15) is 0 Å². The van der Waals surface area contributed by atoms with Gasteiger partial charge in [0.15, 0.2) is 22.1 Å². The Balaban J connectivity index is 1.58. The van der Waals surface area contributed by atoms with Crippen LogP contribution in [0.1, 0.15) is 64.3 Å². The van der Waals surface area contributed by atoms with Crippen LogP contribution in [0.25, 0.3) is 11.2 Å². The van der Waals surface area contributed by atoms with Gasteiger partial charge >= 0.3 is 0 Å². The molecule has 12 heteroatoms. The van der Waals surface area contributed by atoms with Gasteiger partial charge in [0, 0.05) is 32.3 Å². The molecule has 194 valence electrons. The maximum absolute atomic E-state index is 14.8. The van der Waals surface area contributed by atoms with Crippen molar-refractivity contribution < 1.29 is 39.5 Å². The molecule has 0 unspecified atom stereocenters. The Bertz CT molecular complexity index is 1690. The third-order valence-corrected chi connectivity index (χ3v) is 6.58. The first-order valence-corrected chi connectivity index (χ1v) is 11.8. The highest BCUT2D eigenvalue weighted by Crippen LogP contribution is 2.44. The summed E-state index contributed by atoms with van der Waals surface area (Å²) in [5.41, 5.74) is -3.48. The monoisotopic (exact) mass is 529 g/mol.